The Morgan fingerprint density at radius 3 is 2.61 bits per heavy atom. The van der Waals surface area contributed by atoms with E-state index in [0.29, 0.717) is 17.3 Å². The molecule has 0 aromatic carbocycles. The summed E-state index contributed by atoms with van der Waals surface area (Å²) in [6.07, 6.45) is 3.61. The van der Waals surface area contributed by atoms with Crippen LogP contribution in [-0.2, 0) is 4.79 Å². The van der Waals surface area contributed by atoms with Gasteiger partial charge in [-0.15, -0.1) is 0 Å². The fraction of sp³-hybridized carbons (Fsp3) is 0.857. The Morgan fingerprint density at radius 1 is 1.50 bits per heavy atom. The van der Waals surface area contributed by atoms with E-state index in [2.05, 4.69) is 27.7 Å². The predicted octanol–water partition coefficient (Wildman–Crippen LogP) is 2.73. The molecule has 0 aromatic rings. The summed E-state index contributed by atoms with van der Waals surface area (Å²) in [6.45, 7) is 9.59. The van der Waals surface area contributed by atoms with E-state index < -0.39 is 0 Å². The molecule has 2 atom stereocenters. The first-order valence-corrected chi connectivity index (χ1v) is 7.20. The van der Waals surface area contributed by atoms with Crippen LogP contribution in [-0.4, -0.2) is 28.4 Å². The predicted molar refractivity (Wildman–Crippen MR) is 79.4 cm³/mol. The molecule has 1 rings (SSSR count). The quantitative estimate of drug-likeness (QED) is 0.799. The Balaban J connectivity index is 2.52. The molecule has 1 fully saturated rings. The second-order valence-corrected chi connectivity index (χ2v) is 7.19. The van der Waals surface area contributed by atoms with Crippen molar-refractivity contribution in [1.82, 2.24) is 4.90 Å². The van der Waals surface area contributed by atoms with Crippen LogP contribution in [0.5, 0.6) is 0 Å². The second-order valence-electron chi connectivity index (χ2n) is 6.72. The number of amides is 1. The standard InChI is InChI=1S/C14H26N2OS/c1-10(9-14(2,3)4)8-12(17)16-7-5-6-11(16)13(15)18/h10-11H,5-9H2,1-4H3,(H2,15,18). The largest absolute Gasteiger partial charge is 0.392 e. The van der Waals surface area contributed by atoms with Gasteiger partial charge in [0, 0.05) is 13.0 Å². The molecule has 2 N–H and O–H groups in total. The Hall–Kier alpha value is -0.640. The van der Waals surface area contributed by atoms with Crippen LogP contribution in [0, 0.1) is 11.3 Å². The highest BCUT2D eigenvalue weighted by Crippen LogP contribution is 2.27. The van der Waals surface area contributed by atoms with E-state index >= 15 is 0 Å². The smallest absolute Gasteiger partial charge is 0.223 e. The van der Waals surface area contributed by atoms with E-state index in [0.717, 1.165) is 25.8 Å². The van der Waals surface area contributed by atoms with Crippen LogP contribution in [0.3, 0.4) is 0 Å². The van der Waals surface area contributed by atoms with Crippen molar-refractivity contribution in [3.8, 4) is 0 Å². The maximum Gasteiger partial charge on any atom is 0.223 e. The van der Waals surface area contributed by atoms with Crippen molar-refractivity contribution in [2.24, 2.45) is 17.1 Å². The van der Waals surface area contributed by atoms with Gasteiger partial charge in [-0.05, 0) is 30.6 Å². The minimum atomic E-state index is -0.00524. The van der Waals surface area contributed by atoms with Crippen molar-refractivity contribution >= 4 is 23.1 Å². The molecule has 104 valence electrons. The van der Waals surface area contributed by atoms with Crippen molar-refractivity contribution in [3.05, 3.63) is 0 Å². The second kappa shape index (κ2) is 6.00. The highest BCUT2D eigenvalue weighted by Gasteiger charge is 2.31. The van der Waals surface area contributed by atoms with Gasteiger partial charge in [0.25, 0.3) is 0 Å². The third kappa shape index (κ3) is 4.56. The van der Waals surface area contributed by atoms with Gasteiger partial charge in [-0.25, -0.2) is 0 Å². The maximum absolute atomic E-state index is 12.3. The first-order chi connectivity index (χ1) is 8.20. The van der Waals surface area contributed by atoms with Crippen molar-refractivity contribution in [3.63, 3.8) is 0 Å². The highest BCUT2D eigenvalue weighted by molar-refractivity contribution is 7.80. The number of nitrogens with zero attached hydrogens (tertiary/aromatic N) is 1. The molecule has 3 nitrogen and oxygen atoms in total. The van der Waals surface area contributed by atoms with Crippen LogP contribution < -0.4 is 5.73 Å². The maximum atomic E-state index is 12.3. The zero-order chi connectivity index (χ0) is 13.9. The van der Waals surface area contributed by atoms with Crippen LogP contribution in [0.2, 0.25) is 0 Å². The molecule has 0 saturated carbocycles. The van der Waals surface area contributed by atoms with Crippen molar-refractivity contribution in [2.45, 2.75) is 59.4 Å². The Labute approximate surface area is 116 Å². The van der Waals surface area contributed by atoms with Gasteiger partial charge in [-0.1, -0.05) is 39.9 Å². The summed E-state index contributed by atoms with van der Waals surface area (Å²) in [5, 5.41) is 0. The van der Waals surface area contributed by atoms with Crippen molar-refractivity contribution in [1.29, 1.82) is 0 Å². The van der Waals surface area contributed by atoms with Gasteiger partial charge in [0.15, 0.2) is 0 Å². The average Bonchev–Trinajstić information content (AvgIpc) is 2.61. The lowest BCUT2D eigenvalue weighted by atomic mass is 9.84. The number of rotatable bonds is 4. The summed E-state index contributed by atoms with van der Waals surface area (Å²) in [6, 6.07) is -0.00524. The topological polar surface area (TPSA) is 46.3 Å². The van der Waals surface area contributed by atoms with Gasteiger partial charge in [0.2, 0.25) is 5.91 Å². The lowest BCUT2D eigenvalue weighted by Gasteiger charge is -2.27. The average molecular weight is 270 g/mol. The molecule has 0 bridgehead atoms. The lowest BCUT2D eigenvalue weighted by molar-refractivity contribution is -0.132. The van der Waals surface area contributed by atoms with E-state index in [9.17, 15) is 4.79 Å². The molecule has 1 aliphatic heterocycles. The minimum Gasteiger partial charge on any atom is -0.392 e. The Kier molecular flexibility index (Phi) is 5.14. The van der Waals surface area contributed by atoms with Crippen LogP contribution in [0.1, 0.15) is 53.4 Å². The Morgan fingerprint density at radius 2 is 2.11 bits per heavy atom. The van der Waals surface area contributed by atoms with Crippen LogP contribution in [0.25, 0.3) is 0 Å². The number of carbonyl (C=O) groups is 1. The summed E-state index contributed by atoms with van der Waals surface area (Å²) >= 11 is 5.04. The van der Waals surface area contributed by atoms with Gasteiger partial charge < -0.3 is 10.6 Å². The normalized spacial score (nSPS) is 22.0. The van der Waals surface area contributed by atoms with E-state index in [1.54, 1.807) is 0 Å². The van der Waals surface area contributed by atoms with Crippen molar-refractivity contribution < 1.29 is 4.79 Å². The van der Waals surface area contributed by atoms with Crippen LogP contribution >= 0.6 is 12.2 Å². The molecule has 4 heteroatoms. The molecular weight excluding hydrogens is 244 g/mol. The zero-order valence-electron chi connectivity index (χ0n) is 12.0. The van der Waals surface area contributed by atoms with Crippen LogP contribution in [0.4, 0.5) is 0 Å². The minimum absolute atomic E-state index is 0.00524. The van der Waals surface area contributed by atoms with Crippen molar-refractivity contribution in [2.75, 3.05) is 6.54 Å². The summed E-state index contributed by atoms with van der Waals surface area (Å²) in [7, 11) is 0. The number of thiocarbonyl (C=S) groups is 1. The third-order valence-electron chi connectivity index (χ3n) is 3.39. The molecule has 2 unspecified atom stereocenters. The zero-order valence-corrected chi connectivity index (χ0v) is 12.8. The van der Waals surface area contributed by atoms with Crippen LogP contribution in [0.15, 0.2) is 0 Å². The molecule has 0 radical (unpaired) electrons. The summed E-state index contributed by atoms with van der Waals surface area (Å²) in [5.41, 5.74) is 5.97. The SMILES string of the molecule is CC(CC(=O)N1CCCC1C(N)=S)CC(C)(C)C. The van der Waals surface area contributed by atoms with Gasteiger partial charge >= 0.3 is 0 Å². The highest BCUT2D eigenvalue weighted by atomic mass is 32.1. The van der Waals surface area contributed by atoms with E-state index in [1.165, 1.54) is 0 Å². The first-order valence-electron chi connectivity index (χ1n) is 6.79. The molecule has 0 aromatic heterocycles. The molecule has 1 heterocycles. The molecular formula is C14H26N2OS. The molecule has 0 aliphatic carbocycles. The van der Waals surface area contributed by atoms with Gasteiger partial charge in [-0.2, -0.15) is 0 Å². The monoisotopic (exact) mass is 270 g/mol. The molecule has 1 aliphatic rings. The molecule has 1 saturated heterocycles. The van der Waals surface area contributed by atoms with Gasteiger partial charge in [-0.3, -0.25) is 4.79 Å². The molecule has 1 amide bonds. The van der Waals surface area contributed by atoms with Gasteiger partial charge in [0.1, 0.15) is 0 Å². The number of likely N-dealkylation sites (tertiary alicyclic amines) is 1. The number of hydrogen-bond donors (Lipinski definition) is 1. The fourth-order valence-corrected chi connectivity index (χ4v) is 3.14. The third-order valence-corrected chi connectivity index (χ3v) is 3.66. The van der Waals surface area contributed by atoms with E-state index in [-0.39, 0.29) is 17.4 Å². The van der Waals surface area contributed by atoms with E-state index in [1.807, 2.05) is 4.90 Å². The number of carbonyl (C=O) groups excluding carboxylic acids is 1. The van der Waals surface area contributed by atoms with E-state index in [4.69, 9.17) is 18.0 Å². The number of nitrogens with two attached hydrogens (primary N) is 1. The fourth-order valence-electron chi connectivity index (χ4n) is 2.89. The summed E-state index contributed by atoms with van der Waals surface area (Å²) in [4.78, 5) is 14.6. The molecule has 18 heavy (non-hydrogen) atoms. The van der Waals surface area contributed by atoms with Gasteiger partial charge in [0.05, 0.1) is 11.0 Å². The summed E-state index contributed by atoms with van der Waals surface area (Å²) in [5.74, 6) is 0.618. The Bertz CT molecular complexity index is 322. The first kappa shape index (κ1) is 15.4. The molecule has 0 spiro atoms. The summed E-state index contributed by atoms with van der Waals surface area (Å²) < 4.78 is 0. The lowest BCUT2D eigenvalue weighted by Crippen LogP contribution is -2.43. The number of hydrogen-bond acceptors (Lipinski definition) is 2.